The number of hydrogen-bond acceptors (Lipinski definition) is 4. The number of methoxy groups -OCH3 is 1. The lowest BCUT2D eigenvalue weighted by atomic mass is 9.22. The maximum absolute atomic E-state index is 10.6. The topological polar surface area (TPSA) is 72.8 Å². The van der Waals surface area contributed by atoms with Crippen molar-refractivity contribution >= 4 is 58.3 Å². The lowest BCUT2D eigenvalue weighted by molar-refractivity contribution is 0.0329. The van der Waals surface area contributed by atoms with Gasteiger partial charge in [0.15, 0.2) is 5.75 Å². The maximum atomic E-state index is 10.6. The number of rotatable bonds is 6. The van der Waals surface area contributed by atoms with Gasteiger partial charge in [-0.1, -0.05) is 0 Å². The third-order valence-electron chi connectivity index (χ3n) is 4.04. The molecule has 11 heteroatoms. The number of anilines is 1. The monoisotopic (exact) mass is 309 g/mol. The summed E-state index contributed by atoms with van der Waals surface area (Å²) in [6, 6.07) is 3.48. The molecule has 110 valence electrons. The first-order valence-corrected chi connectivity index (χ1v) is 7.16. The summed E-state index contributed by atoms with van der Waals surface area (Å²) in [6.07, 6.45) is 1.76. The average Bonchev–Trinajstić information content (AvgIpc) is 2.82. The Morgan fingerprint density at radius 3 is 2.25 bits per heavy atom. The van der Waals surface area contributed by atoms with E-state index >= 15 is 0 Å². The first kappa shape index (κ1) is 19.0. The standard InChI is InChI=1S/C13H13B6N3O2/c1-24-10-6-22-8(5-9(10)20)4-7(21-22)2-3-11(23,12(14,15)16)13(17,18)19/h4-6,23H,2-3,20H2,1H3. The van der Waals surface area contributed by atoms with Crippen LogP contribution in [0.15, 0.2) is 18.3 Å². The van der Waals surface area contributed by atoms with Crippen LogP contribution in [0.5, 0.6) is 5.75 Å². The summed E-state index contributed by atoms with van der Waals surface area (Å²) in [5.74, 6) is 0.489. The van der Waals surface area contributed by atoms with Crippen molar-refractivity contribution in [2.24, 2.45) is 0 Å². The molecule has 0 fully saturated rings. The molecule has 0 aliphatic carbocycles. The van der Waals surface area contributed by atoms with Crippen LogP contribution < -0.4 is 10.5 Å². The van der Waals surface area contributed by atoms with E-state index in [0.29, 0.717) is 17.1 Å². The van der Waals surface area contributed by atoms with Gasteiger partial charge >= 0.3 is 0 Å². The summed E-state index contributed by atoms with van der Waals surface area (Å²) < 4.78 is 6.73. The van der Waals surface area contributed by atoms with Crippen LogP contribution in [0.2, 0.25) is 10.2 Å². The molecule has 0 saturated heterocycles. The van der Waals surface area contributed by atoms with Crippen LogP contribution >= 0.6 is 0 Å². The predicted molar refractivity (Wildman–Crippen MR) is 99.3 cm³/mol. The zero-order valence-corrected chi connectivity index (χ0v) is 13.4. The second kappa shape index (κ2) is 6.17. The molecule has 2 aromatic rings. The van der Waals surface area contributed by atoms with E-state index in [2.05, 4.69) is 5.10 Å². The number of nitrogens with zero attached hydrogens (tertiary/aromatic N) is 2. The Labute approximate surface area is 149 Å². The van der Waals surface area contributed by atoms with E-state index in [4.69, 9.17) is 57.5 Å². The van der Waals surface area contributed by atoms with Crippen molar-refractivity contribution in [1.29, 1.82) is 0 Å². The van der Waals surface area contributed by atoms with Crippen molar-refractivity contribution in [3.8, 4) is 5.75 Å². The molecule has 0 spiro atoms. The molecule has 0 aliphatic heterocycles. The molecule has 2 heterocycles. The van der Waals surface area contributed by atoms with E-state index in [9.17, 15) is 5.11 Å². The number of aryl methyl sites for hydroxylation is 1. The van der Waals surface area contributed by atoms with Crippen LogP contribution in [0.3, 0.4) is 0 Å². The minimum Gasteiger partial charge on any atom is -0.493 e. The third kappa shape index (κ3) is 3.37. The number of nitrogen functional groups attached to an aromatic ring is 1. The van der Waals surface area contributed by atoms with Crippen molar-refractivity contribution in [1.82, 2.24) is 9.61 Å². The summed E-state index contributed by atoms with van der Waals surface area (Å²) in [5, 5.41) is 10.8. The molecule has 3 N–H and O–H groups in total. The fourth-order valence-electron chi connectivity index (χ4n) is 2.50. The van der Waals surface area contributed by atoms with Crippen molar-refractivity contribution in [2.75, 3.05) is 12.8 Å². The van der Waals surface area contributed by atoms with Crippen molar-refractivity contribution in [3.05, 3.63) is 24.0 Å². The highest BCUT2D eigenvalue weighted by atomic mass is 16.5. The van der Waals surface area contributed by atoms with E-state index in [1.807, 2.05) is 0 Å². The summed E-state index contributed by atoms with van der Waals surface area (Å²) in [4.78, 5) is 0. The molecule has 0 aliphatic rings. The molecule has 2 rings (SSSR count). The number of ether oxygens (including phenoxy) is 1. The Morgan fingerprint density at radius 2 is 1.75 bits per heavy atom. The van der Waals surface area contributed by atoms with E-state index in [-0.39, 0.29) is 12.8 Å². The molecule has 0 unspecified atom stereocenters. The fourth-order valence-corrected chi connectivity index (χ4v) is 2.50. The highest BCUT2D eigenvalue weighted by Crippen LogP contribution is 2.45. The van der Waals surface area contributed by atoms with Gasteiger partial charge in [-0.3, -0.25) is 0 Å². The Balaban J connectivity index is 2.29. The second-order valence-corrected chi connectivity index (χ2v) is 6.03. The molecule has 0 aromatic carbocycles. The maximum Gasteiger partial charge on any atom is 0.160 e. The number of aromatic nitrogens is 2. The summed E-state index contributed by atoms with van der Waals surface area (Å²) in [7, 11) is 35.1. The lowest BCUT2D eigenvalue weighted by Gasteiger charge is -2.52. The van der Waals surface area contributed by atoms with Gasteiger partial charge in [0.05, 0.1) is 77.3 Å². The van der Waals surface area contributed by atoms with Crippen molar-refractivity contribution < 1.29 is 9.84 Å². The van der Waals surface area contributed by atoms with Gasteiger partial charge in [0.1, 0.15) is 0 Å². The van der Waals surface area contributed by atoms with Crippen LogP contribution in [-0.2, 0) is 6.42 Å². The Hall–Kier alpha value is -1.36. The minimum absolute atomic E-state index is 0.101. The Morgan fingerprint density at radius 1 is 1.17 bits per heavy atom. The lowest BCUT2D eigenvalue weighted by Crippen LogP contribution is -2.55. The first-order valence-electron chi connectivity index (χ1n) is 7.16. The van der Waals surface area contributed by atoms with Gasteiger partial charge in [-0.25, -0.2) is 4.52 Å². The number of hydrogen-bond donors (Lipinski definition) is 2. The van der Waals surface area contributed by atoms with Crippen LogP contribution in [0.1, 0.15) is 12.1 Å². The van der Waals surface area contributed by atoms with E-state index in [1.165, 1.54) is 7.11 Å². The molecular weight excluding hydrogens is 295 g/mol. The smallest absolute Gasteiger partial charge is 0.160 e. The van der Waals surface area contributed by atoms with E-state index < -0.39 is 15.8 Å². The molecule has 0 saturated carbocycles. The Bertz CT molecular complexity index is 724. The highest BCUT2D eigenvalue weighted by molar-refractivity contribution is 6.65. The van der Waals surface area contributed by atoms with Gasteiger partial charge in [-0.05, 0) is 25.0 Å². The van der Waals surface area contributed by atoms with Gasteiger partial charge in [-0.15, -0.1) is 10.2 Å². The van der Waals surface area contributed by atoms with Crippen LogP contribution in [-0.4, -0.2) is 74.5 Å². The minimum atomic E-state index is -2.13. The molecular formula is C13H13B6N3O2. The SMILES string of the molecule is [B]C([B])([B])C(O)(CCc1cc2cc(N)c(OC)cn2n1)C([B])([B])[B]. The molecule has 5 nitrogen and oxygen atoms in total. The Kier molecular flexibility index (Phi) is 4.88. The second-order valence-electron chi connectivity index (χ2n) is 6.03. The number of aliphatic hydroxyl groups is 1. The highest BCUT2D eigenvalue weighted by Gasteiger charge is 2.45. The van der Waals surface area contributed by atoms with Gasteiger partial charge in [-0.2, -0.15) is 5.10 Å². The zero-order valence-electron chi connectivity index (χ0n) is 13.4. The third-order valence-corrected chi connectivity index (χ3v) is 4.04. The van der Waals surface area contributed by atoms with Crippen LogP contribution in [0.25, 0.3) is 5.52 Å². The van der Waals surface area contributed by atoms with Gasteiger partial charge in [0.2, 0.25) is 0 Å². The summed E-state index contributed by atoms with van der Waals surface area (Å²) in [5.41, 5.74) is 5.55. The van der Waals surface area contributed by atoms with E-state index in [1.54, 1.807) is 22.8 Å². The van der Waals surface area contributed by atoms with Crippen LogP contribution in [0.4, 0.5) is 5.69 Å². The van der Waals surface area contributed by atoms with Crippen LogP contribution in [0, 0.1) is 0 Å². The first-order chi connectivity index (χ1) is 10.9. The molecule has 24 heavy (non-hydrogen) atoms. The largest absolute Gasteiger partial charge is 0.493 e. The number of nitrogens with two attached hydrogens (primary N) is 1. The molecule has 0 bridgehead atoms. The van der Waals surface area contributed by atoms with Gasteiger partial charge in [0, 0.05) is 5.60 Å². The average molecular weight is 308 g/mol. The quantitative estimate of drug-likeness (QED) is 0.654. The van der Waals surface area contributed by atoms with Gasteiger partial charge < -0.3 is 15.6 Å². The number of fused-ring (bicyclic) bond motifs is 1. The fraction of sp³-hybridized carbons (Fsp3) is 0.462. The summed E-state index contributed by atoms with van der Waals surface area (Å²) in [6.45, 7) is 0. The van der Waals surface area contributed by atoms with E-state index in [0.717, 1.165) is 5.52 Å². The van der Waals surface area contributed by atoms with Crippen molar-refractivity contribution in [3.63, 3.8) is 0 Å². The van der Waals surface area contributed by atoms with Crippen molar-refractivity contribution in [2.45, 2.75) is 28.7 Å². The zero-order chi connectivity index (χ0) is 18.3. The number of pyridine rings is 1. The molecule has 0 amide bonds. The molecule has 12 radical (unpaired) electrons. The van der Waals surface area contributed by atoms with Gasteiger partial charge in [0.25, 0.3) is 0 Å². The predicted octanol–water partition coefficient (Wildman–Crippen LogP) is -1.25. The summed E-state index contributed by atoms with van der Waals surface area (Å²) >= 11 is 0. The molecule has 0 atom stereocenters. The normalized spacial score (nSPS) is 13.2. The molecule has 2 aromatic heterocycles.